The largest absolute Gasteiger partial charge is 0.460 e. The van der Waals surface area contributed by atoms with Gasteiger partial charge in [-0.25, -0.2) is 0 Å². The Labute approximate surface area is 285 Å². The first kappa shape index (κ1) is 50.8. The Morgan fingerprint density at radius 2 is 0.830 bits per heavy atom. The van der Waals surface area contributed by atoms with Crippen molar-refractivity contribution in [3.05, 3.63) is 20.9 Å². The molecular weight excluding hydrogens is 602 g/mol. The van der Waals surface area contributed by atoms with Crippen molar-refractivity contribution in [1.82, 2.24) is 0 Å². The van der Waals surface area contributed by atoms with E-state index in [0.717, 1.165) is 57.8 Å². The normalized spacial score (nSPS) is 12.8. The van der Waals surface area contributed by atoms with Crippen LogP contribution in [0.1, 0.15) is 148 Å². The van der Waals surface area contributed by atoms with Crippen LogP contribution in [0.25, 0.3) is 20.9 Å². The molecule has 0 aromatic heterocycles. The molecule has 0 radical (unpaired) electrons. The van der Waals surface area contributed by atoms with Gasteiger partial charge in [-0.2, -0.15) is 0 Å². The fraction of sp³-hybridized carbons (Fsp3) is 0.912. The minimum absolute atomic E-state index is 0. The van der Waals surface area contributed by atoms with Gasteiger partial charge < -0.3 is 19.9 Å². The lowest BCUT2D eigenvalue weighted by molar-refractivity contribution is -0.160. The van der Waals surface area contributed by atoms with Crippen LogP contribution in [0, 0.1) is 17.8 Å². The molecule has 0 spiro atoms. The smallest absolute Gasteiger partial charge is 0.309 e. The van der Waals surface area contributed by atoms with Crippen LogP contribution >= 0.6 is 0 Å². The Hall–Kier alpha value is -3.01. The summed E-state index contributed by atoms with van der Waals surface area (Å²) < 4.78 is 15.8. The maximum atomic E-state index is 11.6. The van der Waals surface area contributed by atoms with Gasteiger partial charge in [-0.3, -0.25) is 14.4 Å². The lowest BCUT2D eigenvalue weighted by atomic mass is 10.0. The molecule has 0 rings (SSSR count). The van der Waals surface area contributed by atoms with E-state index in [1.54, 1.807) is 0 Å². The van der Waals surface area contributed by atoms with Gasteiger partial charge in [0.15, 0.2) is 0 Å². The molecule has 276 valence electrons. The van der Waals surface area contributed by atoms with E-state index in [9.17, 15) is 14.4 Å². The number of ether oxygens (including phenoxy) is 3. The molecule has 13 heteroatoms. The number of esters is 3. The Balaban J connectivity index is -0.000000293. The summed E-state index contributed by atoms with van der Waals surface area (Å²) in [5.74, 6) is -0.613. The van der Waals surface area contributed by atoms with Crippen LogP contribution in [0.4, 0.5) is 0 Å². The predicted molar refractivity (Wildman–Crippen MR) is 190 cm³/mol. The van der Waals surface area contributed by atoms with Crippen molar-refractivity contribution in [1.29, 1.82) is 0 Å². The first-order chi connectivity index (χ1) is 21.1. The maximum absolute atomic E-state index is 11.6. The van der Waals surface area contributed by atoms with E-state index >= 15 is 0 Å². The molecular formula is C34H69N7O6. The summed E-state index contributed by atoms with van der Waals surface area (Å²) in [5.41, 5.74) is 20.3. The average molecular weight is 672 g/mol. The average Bonchev–Trinajstić information content (AvgIpc) is 2.90. The maximum Gasteiger partial charge on any atom is 0.309 e. The van der Waals surface area contributed by atoms with Gasteiger partial charge in [0.05, 0.1) is 17.8 Å². The van der Waals surface area contributed by atoms with Crippen LogP contribution in [-0.4, -0.2) is 54.3 Å². The first-order valence-electron chi connectivity index (χ1n) is 16.5. The molecule has 0 aliphatic heterocycles. The second-order valence-electron chi connectivity index (χ2n) is 14.5. The van der Waals surface area contributed by atoms with Gasteiger partial charge in [-0.1, -0.05) is 57.7 Å². The Morgan fingerprint density at radius 3 is 1.04 bits per heavy atom. The van der Waals surface area contributed by atoms with Crippen LogP contribution < -0.4 is 5.73 Å². The van der Waals surface area contributed by atoms with Crippen LogP contribution in [0.2, 0.25) is 0 Å². The number of unbranched alkanes of at least 4 members (excludes halogenated alkanes) is 3. The zero-order valence-electron chi connectivity index (χ0n) is 30.9. The van der Waals surface area contributed by atoms with Crippen LogP contribution in [-0.2, 0) is 28.6 Å². The van der Waals surface area contributed by atoms with Gasteiger partial charge in [-0.15, -0.1) is 0 Å². The van der Waals surface area contributed by atoms with Crippen LogP contribution in [0.5, 0.6) is 0 Å². The molecule has 0 heterocycles. The molecule has 0 aliphatic rings. The van der Waals surface area contributed by atoms with Crippen molar-refractivity contribution < 1.29 is 28.6 Å². The van der Waals surface area contributed by atoms with E-state index in [1.165, 1.54) is 0 Å². The molecule has 0 amide bonds. The van der Waals surface area contributed by atoms with Gasteiger partial charge in [0, 0.05) is 22.9 Å². The summed E-state index contributed by atoms with van der Waals surface area (Å²) in [6, 6.07) is 0. The molecule has 2 N–H and O–H groups in total. The van der Waals surface area contributed by atoms with E-state index in [0.29, 0.717) is 19.6 Å². The fourth-order valence-corrected chi connectivity index (χ4v) is 3.51. The molecule has 0 aliphatic carbocycles. The number of nitrogens with two attached hydrogens (primary N) is 1. The SMILES string of the molecule is C.CC(CCCCN=[N+]=[N-])C(=O)OC(C)(C)C.C[C@H](CCCCN)C(=O)OC(C)(C)C.C[C@H](CCCCN=[N+]=[N-])C(=O)OC(C)(C)C. The fourth-order valence-electron chi connectivity index (χ4n) is 3.51. The molecule has 0 bridgehead atoms. The summed E-state index contributed by atoms with van der Waals surface area (Å²) in [7, 11) is 0. The number of carbonyl (C=O) groups is 3. The predicted octanol–water partition coefficient (Wildman–Crippen LogP) is 9.62. The third-order valence-electron chi connectivity index (χ3n) is 5.94. The van der Waals surface area contributed by atoms with Crippen LogP contribution in [0.3, 0.4) is 0 Å². The molecule has 0 aromatic rings. The van der Waals surface area contributed by atoms with E-state index in [2.05, 4.69) is 20.1 Å². The van der Waals surface area contributed by atoms with Gasteiger partial charge in [0.1, 0.15) is 16.8 Å². The number of nitrogens with zero attached hydrogens (tertiary/aromatic N) is 6. The number of rotatable bonds is 17. The van der Waals surface area contributed by atoms with E-state index < -0.39 is 11.2 Å². The Morgan fingerprint density at radius 1 is 0.574 bits per heavy atom. The van der Waals surface area contributed by atoms with E-state index in [-0.39, 0.29) is 48.7 Å². The van der Waals surface area contributed by atoms with Gasteiger partial charge in [0.2, 0.25) is 0 Å². The molecule has 13 nitrogen and oxygen atoms in total. The number of hydrogen-bond acceptors (Lipinski definition) is 9. The molecule has 0 aromatic carbocycles. The quantitative estimate of drug-likeness (QED) is 0.0395. The third kappa shape index (κ3) is 39.1. The Bertz CT molecular complexity index is 886. The summed E-state index contributed by atoms with van der Waals surface area (Å²) >= 11 is 0. The monoisotopic (exact) mass is 672 g/mol. The first-order valence-corrected chi connectivity index (χ1v) is 16.5. The van der Waals surface area contributed by atoms with Crippen molar-refractivity contribution in [3.8, 4) is 0 Å². The topological polar surface area (TPSA) is 202 Å². The zero-order valence-corrected chi connectivity index (χ0v) is 30.9. The molecule has 1 unspecified atom stereocenters. The zero-order chi connectivity index (χ0) is 36.4. The third-order valence-corrected chi connectivity index (χ3v) is 5.94. The van der Waals surface area contributed by atoms with Crippen molar-refractivity contribution in [2.45, 2.75) is 165 Å². The van der Waals surface area contributed by atoms with Gasteiger partial charge in [0.25, 0.3) is 0 Å². The van der Waals surface area contributed by atoms with Gasteiger partial charge >= 0.3 is 17.9 Å². The number of azide groups is 2. The van der Waals surface area contributed by atoms with Gasteiger partial charge in [-0.05, 0) is 118 Å². The lowest BCUT2D eigenvalue weighted by Crippen LogP contribution is -2.27. The summed E-state index contributed by atoms with van der Waals surface area (Å²) in [6.07, 6.45) is 7.77. The number of hydrogen-bond donors (Lipinski definition) is 1. The standard InChI is InChI=1S/2C11H21N3O2.C11H23NO2.CH4/c2*1-9(7-5-6-8-13-14-12)10(15)16-11(2,3)4;1-9(7-5-6-8-12)10(13)14-11(2,3)4;/h2*9H,5-8H2,1-4H3;9H,5-8,12H2,1-4H3;1H4/t9-;;9-;/m1.1./s1. The summed E-state index contributed by atoms with van der Waals surface area (Å²) in [4.78, 5) is 40.0. The molecule has 3 atom stereocenters. The lowest BCUT2D eigenvalue weighted by Gasteiger charge is -2.22. The van der Waals surface area contributed by atoms with E-state index in [1.807, 2.05) is 83.1 Å². The highest BCUT2D eigenvalue weighted by Crippen LogP contribution is 2.17. The molecule has 0 saturated carbocycles. The molecule has 0 saturated heterocycles. The second kappa shape index (κ2) is 28.0. The molecule has 47 heavy (non-hydrogen) atoms. The van der Waals surface area contributed by atoms with Crippen molar-refractivity contribution in [3.63, 3.8) is 0 Å². The highest BCUT2D eigenvalue weighted by Gasteiger charge is 2.23. The minimum Gasteiger partial charge on any atom is -0.460 e. The van der Waals surface area contributed by atoms with Crippen molar-refractivity contribution in [2.75, 3.05) is 19.6 Å². The summed E-state index contributed by atoms with van der Waals surface area (Å²) in [5, 5.41) is 6.87. The van der Waals surface area contributed by atoms with Crippen LogP contribution in [0.15, 0.2) is 10.2 Å². The summed E-state index contributed by atoms with van der Waals surface area (Å²) in [6.45, 7) is 24.1. The highest BCUT2D eigenvalue weighted by molar-refractivity contribution is 5.73. The minimum atomic E-state index is -0.420. The van der Waals surface area contributed by atoms with E-state index in [4.69, 9.17) is 31.0 Å². The van der Waals surface area contributed by atoms with Crippen molar-refractivity contribution >= 4 is 17.9 Å². The number of carbonyl (C=O) groups excluding carboxylic acids is 3. The van der Waals surface area contributed by atoms with Crippen molar-refractivity contribution in [2.24, 2.45) is 33.7 Å². The molecule has 0 fully saturated rings. The highest BCUT2D eigenvalue weighted by atomic mass is 16.6. The second-order valence-corrected chi connectivity index (χ2v) is 14.5. The Kier molecular flexibility index (Phi) is 30.3.